The predicted octanol–water partition coefficient (Wildman–Crippen LogP) is 4.52. The molecular formula is C21H22ClN3O3S. The zero-order valence-corrected chi connectivity index (χ0v) is 17.6. The lowest BCUT2D eigenvalue weighted by Gasteiger charge is -2.18. The number of aromatic nitrogens is 2. The van der Waals surface area contributed by atoms with Gasteiger partial charge in [0.25, 0.3) is 0 Å². The molecule has 2 aromatic heterocycles. The lowest BCUT2D eigenvalue weighted by Crippen LogP contribution is -2.18. The van der Waals surface area contributed by atoms with Gasteiger partial charge in [-0.25, -0.2) is 4.98 Å². The summed E-state index contributed by atoms with van der Waals surface area (Å²) in [5.41, 5.74) is 1.63. The number of thiazole rings is 1. The summed E-state index contributed by atoms with van der Waals surface area (Å²) in [6.45, 7) is 2.77. The van der Waals surface area contributed by atoms with Gasteiger partial charge in [0.1, 0.15) is 0 Å². The average Bonchev–Trinajstić information content (AvgIpc) is 3.34. The van der Waals surface area contributed by atoms with Gasteiger partial charge in [-0.3, -0.25) is 9.59 Å². The second-order valence-corrected chi connectivity index (χ2v) is 7.80. The fraction of sp³-hybridized carbons (Fsp3) is 0.286. The summed E-state index contributed by atoms with van der Waals surface area (Å²) in [6.07, 6.45) is 4.35. The maximum atomic E-state index is 12.7. The maximum Gasteiger partial charge on any atom is 0.311 e. The molecule has 0 aliphatic heterocycles. The van der Waals surface area contributed by atoms with E-state index in [-0.39, 0.29) is 24.2 Å². The molecular weight excluding hydrogens is 410 g/mol. The van der Waals surface area contributed by atoms with E-state index in [1.807, 2.05) is 53.4 Å². The Hall–Kier alpha value is -2.64. The number of nitrogens with zero attached hydrogens (tertiary/aromatic N) is 2. The largest absolute Gasteiger partial charge is 0.466 e. The van der Waals surface area contributed by atoms with Crippen LogP contribution in [0.1, 0.15) is 30.5 Å². The minimum Gasteiger partial charge on any atom is -0.466 e. The SMILES string of the molecule is CCOC(=O)Cc1csc(NC(=O)CC(Cn2cccc2)c2ccc(Cl)cc2)n1. The third kappa shape index (κ3) is 6.44. The van der Waals surface area contributed by atoms with E-state index in [1.54, 1.807) is 12.3 Å². The number of ether oxygens (including phenoxy) is 1. The molecule has 8 heteroatoms. The summed E-state index contributed by atoms with van der Waals surface area (Å²) in [6, 6.07) is 11.5. The quantitative estimate of drug-likeness (QED) is 0.505. The molecule has 0 aliphatic rings. The second-order valence-electron chi connectivity index (χ2n) is 6.51. The zero-order valence-electron chi connectivity index (χ0n) is 16.0. The number of rotatable bonds is 9. The molecule has 2 heterocycles. The molecule has 1 unspecified atom stereocenters. The minimum absolute atomic E-state index is 0.0152. The van der Waals surface area contributed by atoms with Crippen LogP contribution in [-0.2, 0) is 27.3 Å². The summed E-state index contributed by atoms with van der Waals surface area (Å²) in [4.78, 5) is 28.5. The van der Waals surface area contributed by atoms with Gasteiger partial charge in [0, 0.05) is 41.7 Å². The summed E-state index contributed by atoms with van der Waals surface area (Å²) in [7, 11) is 0. The van der Waals surface area contributed by atoms with Gasteiger partial charge >= 0.3 is 5.97 Å². The molecule has 0 saturated carbocycles. The number of halogens is 1. The van der Waals surface area contributed by atoms with Crippen molar-refractivity contribution in [1.82, 2.24) is 9.55 Å². The topological polar surface area (TPSA) is 73.2 Å². The number of amides is 1. The molecule has 3 rings (SSSR count). The summed E-state index contributed by atoms with van der Waals surface area (Å²) >= 11 is 7.30. The molecule has 1 N–H and O–H groups in total. The first-order valence-corrected chi connectivity index (χ1v) is 10.6. The van der Waals surface area contributed by atoms with Gasteiger partial charge in [-0.1, -0.05) is 23.7 Å². The van der Waals surface area contributed by atoms with E-state index in [4.69, 9.17) is 16.3 Å². The van der Waals surface area contributed by atoms with Gasteiger partial charge < -0.3 is 14.6 Å². The molecule has 29 heavy (non-hydrogen) atoms. The number of hydrogen-bond donors (Lipinski definition) is 1. The Morgan fingerprint density at radius 2 is 1.97 bits per heavy atom. The van der Waals surface area contributed by atoms with Crippen LogP contribution in [0, 0.1) is 0 Å². The monoisotopic (exact) mass is 431 g/mol. The molecule has 1 amide bonds. The molecule has 152 valence electrons. The Balaban J connectivity index is 1.64. The highest BCUT2D eigenvalue weighted by molar-refractivity contribution is 7.13. The fourth-order valence-corrected chi connectivity index (χ4v) is 3.82. The number of nitrogens with one attached hydrogen (secondary N) is 1. The van der Waals surface area contributed by atoms with E-state index in [0.717, 1.165) is 5.56 Å². The number of esters is 1. The van der Waals surface area contributed by atoms with Crippen LogP contribution >= 0.6 is 22.9 Å². The predicted molar refractivity (Wildman–Crippen MR) is 114 cm³/mol. The van der Waals surface area contributed by atoms with Crippen molar-refractivity contribution in [2.24, 2.45) is 0 Å². The lowest BCUT2D eigenvalue weighted by atomic mass is 9.95. The molecule has 0 saturated heterocycles. The zero-order chi connectivity index (χ0) is 20.6. The normalized spacial score (nSPS) is 11.8. The highest BCUT2D eigenvalue weighted by Crippen LogP contribution is 2.25. The molecule has 1 aromatic carbocycles. The number of carbonyl (C=O) groups excluding carboxylic acids is 2. The smallest absolute Gasteiger partial charge is 0.311 e. The second kappa shape index (κ2) is 10.2. The van der Waals surface area contributed by atoms with Crippen LogP contribution in [0.2, 0.25) is 5.02 Å². The van der Waals surface area contributed by atoms with E-state index in [0.29, 0.717) is 35.4 Å². The van der Waals surface area contributed by atoms with Gasteiger partial charge in [0.2, 0.25) is 5.91 Å². The van der Waals surface area contributed by atoms with Crippen molar-refractivity contribution in [3.63, 3.8) is 0 Å². The number of anilines is 1. The highest BCUT2D eigenvalue weighted by Gasteiger charge is 2.18. The standard InChI is InChI=1S/C21H22ClN3O3S/c1-2-28-20(27)12-18-14-29-21(23-18)24-19(26)11-16(13-25-9-3-4-10-25)15-5-7-17(22)8-6-15/h3-10,14,16H,2,11-13H2,1H3,(H,23,24,26). The van der Waals surface area contributed by atoms with E-state index >= 15 is 0 Å². The van der Waals surface area contributed by atoms with Gasteiger partial charge in [-0.15, -0.1) is 11.3 Å². The van der Waals surface area contributed by atoms with Crippen LogP contribution in [0.25, 0.3) is 0 Å². The molecule has 3 aromatic rings. The van der Waals surface area contributed by atoms with E-state index in [2.05, 4.69) is 10.3 Å². The Kier molecular flexibility index (Phi) is 7.43. The molecule has 0 radical (unpaired) electrons. The first-order chi connectivity index (χ1) is 14.0. The van der Waals surface area contributed by atoms with Crippen LogP contribution in [0.5, 0.6) is 0 Å². The van der Waals surface area contributed by atoms with Crippen molar-refractivity contribution in [2.45, 2.75) is 32.2 Å². The molecule has 0 spiro atoms. The van der Waals surface area contributed by atoms with Crippen LogP contribution < -0.4 is 5.32 Å². The fourth-order valence-electron chi connectivity index (χ4n) is 2.97. The first-order valence-electron chi connectivity index (χ1n) is 9.29. The number of hydrogen-bond acceptors (Lipinski definition) is 5. The summed E-state index contributed by atoms with van der Waals surface area (Å²) < 4.78 is 6.97. The van der Waals surface area contributed by atoms with E-state index < -0.39 is 0 Å². The highest BCUT2D eigenvalue weighted by atomic mass is 35.5. The molecule has 0 bridgehead atoms. The van der Waals surface area contributed by atoms with Crippen molar-refractivity contribution in [2.75, 3.05) is 11.9 Å². The molecule has 6 nitrogen and oxygen atoms in total. The van der Waals surface area contributed by atoms with Crippen molar-refractivity contribution in [3.8, 4) is 0 Å². The molecule has 0 fully saturated rings. The van der Waals surface area contributed by atoms with Crippen molar-refractivity contribution in [1.29, 1.82) is 0 Å². The lowest BCUT2D eigenvalue weighted by molar-refractivity contribution is -0.142. The van der Waals surface area contributed by atoms with Crippen molar-refractivity contribution < 1.29 is 14.3 Å². The number of benzene rings is 1. The van der Waals surface area contributed by atoms with Crippen molar-refractivity contribution >= 4 is 39.9 Å². The first kappa shape index (κ1) is 21.1. The van der Waals surface area contributed by atoms with Crippen molar-refractivity contribution in [3.05, 3.63) is 70.5 Å². The Bertz CT molecular complexity index is 939. The van der Waals surface area contributed by atoms with E-state index in [9.17, 15) is 9.59 Å². The van der Waals surface area contributed by atoms with Gasteiger partial charge in [0.15, 0.2) is 5.13 Å². The minimum atomic E-state index is -0.329. The maximum absolute atomic E-state index is 12.7. The summed E-state index contributed by atoms with van der Waals surface area (Å²) in [5, 5.41) is 5.73. The Labute approximate surface area is 178 Å². The Morgan fingerprint density at radius 3 is 2.66 bits per heavy atom. The van der Waals surface area contributed by atoms with Crippen LogP contribution in [0.15, 0.2) is 54.2 Å². The van der Waals surface area contributed by atoms with Gasteiger partial charge in [0.05, 0.1) is 18.7 Å². The van der Waals surface area contributed by atoms with E-state index in [1.165, 1.54) is 11.3 Å². The third-order valence-corrected chi connectivity index (χ3v) is 5.36. The molecule has 0 aliphatic carbocycles. The summed E-state index contributed by atoms with van der Waals surface area (Å²) in [5.74, 6) is -0.474. The van der Waals surface area contributed by atoms with Crippen LogP contribution in [0.3, 0.4) is 0 Å². The van der Waals surface area contributed by atoms with Crippen LogP contribution in [0.4, 0.5) is 5.13 Å². The Morgan fingerprint density at radius 1 is 1.24 bits per heavy atom. The van der Waals surface area contributed by atoms with Gasteiger partial charge in [-0.05, 0) is 36.8 Å². The van der Waals surface area contributed by atoms with Gasteiger partial charge in [-0.2, -0.15) is 0 Å². The molecule has 1 atom stereocenters. The van der Waals surface area contributed by atoms with Crippen LogP contribution in [-0.4, -0.2) is 28.0 Å². The average molecular weight is 432 g/mol. The number of carbonyl (C=O) groups is 2. The third-order valence-electron chi connectivity index (χ3n) is 4.30.